The number of hydrogen-bond acceptors (Lipinski definition) is 8. The van der Waals surface area contributed by atoms with Gasteiger partial charge in [-0.25, -0.2) is 19.7 Å². The summed E-state index contributed by atoms with van der Waals surface area (Å²) in [5.74, 6) is 2.45. The summed E-state index contributed by atoms with van der Waals surface area (Å²) in [6, 6.07) is 0.196. The minimum absolute atomic E-state index is 0.0286. The van der Waals surface area contributed by atoms with Crippen molar-refractivity contribution < 1.29 is 9.32 Å². The van der Waals surface area contributed by atoms with Crippen molar-refractivity contribution in [2.24, 2.45) is 23.2 Å². The zero-order valence-electron chi connectivity index (χ0n) is 21.9. The van der Waals surface area contributed by atoms with Crippen molar-refractivity contribution >= 4 is 22.8 Å². The molecule has 0 radical (unpaired) electrons. The van der Waals surface area contributed by atoms with Gasteiger partial charge in [-0.2, -0.15) is 0 Å². The maximum absolute atomic E-state index is 13.6. The van der Waals surface area contributed by atoms with Crippen LogP contribution in [0.3, 0.4) is 0 Å². The van der Waals surface area contributed by atoms with Crippen molar-refractivity contribution in [3.05, 3.63) is 16.4 Å². The van der Waals surface area contributed by atoms with Gasteiger partial charge in [0.25, 0.3) is 0 Å². The lowest BCUT2D eigenvalue weighted by molar-refractivity contribution is 0.0840. The lowest BCUT2D eigenvalue weighted by atomic mass is 9.80. The number of aromatic amines is 1. The van der Waals surface area contributed by atoms with Crippen LogP contribution in [0.2, 0.25) is 0 Å². The van der Waals surface area contributed by atoms with Crippen LogP contribution in [0.5, 0.6) is 0 Å². The van der Waals surface area contributed by atoms with Crippen LogP contribution in [0, 0.1) is 23.2 Å². The first kappa shape index (κ1) is 24.6. The maximum atomic E-state index is 13.6. The molecule has 0 saturated heterocycles. The van der Waals surface area contributed by atoms with Gasteiger partial charge < -0.3 is 9.88 Å². The molecule has 0 bridgehead atoms. The number of rotatable bonds is 7. The Bertz CT molecular complexity index is 1300. The highest BCUT2D eigenvalue weighted by molar-refractivity contribution is 6.00. The van der Waals surface area contributed by atoms with E-state index in [0.717, 1.165) is 24.3 Å². The molecule has 1 atom stereocenters. The predicted molar refractivity (Wildman–Crippen MR) is 137 cm³/mol. The van der Waals surface area contributed by atoms with Crippen molar-refractivity contribution in [1.29, 1.82) is 0 Å². The molecule has 3 heterocycles. The largest absolute Gasteiger partial charge is 0.439 e. The van der Waals surface area contributed by atoms with Gasteiger partial charge in [0, 0.05) is 18.0 Å². The van der Waals surface area contributed by atoms with E-state index in [9.17, 15) is 9.59 Å². The second-order valence-corrected chi connectivity index (χ2v) is 11.9. The summed E-state index contributed by atoms with van der Waals surface area (Å²) in [5, 5.41) is 7.39. The van der Waals surface area contributed by atoms with Gasteiger partial charge in [-0.1, -0.05) is 52.1 Å². The van der Waals surface area contributed by atoms with Crippen LogP contribution in [0.25, 0.3) is 22.8 Å². The van der Waals surface area contributed by atoms with E-state index in [1.807, 2.05) is 20.8 Å². The summed E-state index contributed by atoms with van der Waals surface area (Å²) in [6.07, 6.45) is 8.25. The molecule has 2 aliphatic carbocycles. The first-order valence-corrected chi connectivity index (χ1v) is 13.3. The number of carbonyl (C=O) groups excluding carboxylic acids is 1. The Hall–Kier alpha value is -3.04. The number of fused-ring (bicyclic) bond motifs is 1. The summed E-state index contributed by atoms with van der Waals surface area (Å²) in [7, 11) is 0. The van der Waals surface area contributed by atoms with E-state index >= 15 is 0 Å². The summed E-state index contributed by atoms with van der Waals surface area (Å²) in [6.45, 7) is 10.9. The lowest BCUT2D eigenvalue weighted by Gasteiger charge is -2.32. The number of ketones is 1. The number of anilines is 1. The minimum atomic E-state index is -0.674. The van der Waals surface area contributed by atoms with Gasteiger partial charge in [0.15, 0.2) is 17.3 Å². The molecule has 0 amide bonds. The molecule has 2 N–H and O–H groups in total. The monoisotopic (exact) mass is 495 g/mol. The molecule has 0 aromatic carbocycles. The van der Waals surface area contributed by atoms with Gasteiger partial charge >= 0.3 is 5.76 Å². The second kappa shape index (κ2) is 9.44. The topological polar surface area (TPSA) is 132 Å². The van der Waals surface area contributed by atoms with E-state index in [2.05, 4.69) is 38.9 Å². The summed E-state index contributed by atoms with van der Waals surface area (Å²) in [5.41, 5.74) is 0.562. The van der Waals surface area contributed by atoms with Gasteiger partial charge in [-0.15, -0.1) is 0 Å². The summed E-state index contributed by atoms with van der Waals surface area (Å²) >= 11 is 0. The third-order valence-corrected chi connectivity index (χ3v) is 7.94. The van der Waals surface area contributed by atoms with Gasteiger partial charge in [0.1, 0.15) is 5.52 Å². The fraction of sp³-hybridized carbons (Fsp3) is 0.692. The van der Waals surface area contributed by atoms with Crippen molar-refractivity contribution in [2.75, 3.05) is 5.32 Å². The lowest BCUT2D eigenvalue weighted by Crippen LogP contribution is -2.31. The maximum Gasteiger partial charge on any atom is 0.439 e. The molecule has 3 aromatic rings. The smallest absolute Gasteiger partial charge is 0.365 e. The normalized spacial score (nSPS) is 21.9. The third-order valence-electron chi connectivity index (χ3n) is 7.94. The van der Waals surface area contributed by atoms with Crippen molar-refractivity contribution in [1.82, 2.24) is 29.7 Å². The van der Waals surface area contributed by atoms with Gasteiger partial charge in [0.2, 0.25) is 17.4 Å². The molecule has 0 unspecified atom stereocenters. The number of nitrogens with zero attached hydrogens (tertiary/aromatic N) is 5. The SMILES string of the molecule is CC1CCC(Cn2c(C(=O)C(C)(C)C)nc3nc(-c4noc(=O)[nH]4)nc(N[C@H](C)C4CCC4)c32)CC1. The van der Waals surface area contributed by atoms with Crippen LogP contribution >= 0.6 is 0 Å². The predicted octanol–water partition coefficient (Wildman–Crippen LogP) is 4.83. The van der Waals surface area contributed by atoms with Gasteiger partial charge in [0.05, 0.1) is 0 Å². The van der Waals surface area contributed by atoms with Crippen LogP contribution in [0.4, 0.5) is 5.82 Å². The minimum Gasteiger partial charge on any atom is -0.365 e. The van der Waals surface area contributed by atoms with E-state index < -0.39 is 11.2 Å². The molecule has 5 rings (SSSR count). The molecule has 10 nitrogen and oxygen atoms in total. The standard InChI is InChI=1S/C26H37N7O3/c1-14-9-11-16(12-10-14)13-33-18-20(27-15(2)17-7-6-8-17)28-22(23-31-25(35)36-32-23)29-21(18)30-24(33)19(34)26(3,4)5/h14-17H,6-13H2,1-5H3,(H,27,28,29)(H,31,32,35)/t14?,15-,16?/m1/s1. The Balaban J connectivity index is 1.66. The number of H-pyrrole nitrogens is 1. The first-order valence-electron chi connectivity index (χ1n) is 13.3. The number of hydrogen-bond donors (Lipinski definition) is 2. The number of Topliss-reactive ketones (excluding diaryl/α,β-unsaturated/α-hetero) is 1. The fourth-order valence-electron chi connectivity index (χ4n) is 5.30. The van der Waals surface area contributed by atoms with Crippen LogP contribution in [0.1, 0.15) is 90.2 Å². The molecule has 10 heteroatoms. The van der Waals surface area contributed by atoms with Crippen molar-refractivity contribution in [3.63, 3.8) is 0 Å². The van der Waals surface area contributed by atoms with Crippen molar-refractivity contribution in [3.8, 4) is 11.6 Å². The highest BCUT2D eigenvalue weighted by Gasteiger charge is 2.33. The summed E-state index contributed by atoms with van der Waals surface area (Å²) in [4.78, 5) is 41.9. The van der Waals surface area contributed by atoms with E-state index in [0.29, 0.717) is 35.7 Å². The number of imidazole rings is 1. The van der Waals surface area contributed by atoms with Crippen LogP contribution < -0.4 is 11.1 Å². The highest BCUT2D eigenvalue weighted by atomic mass is 16.5. The number of nitrogens with one attached hydrogen (secondary N) is 2. The zero-order valence-corrected chi connectivity index (χ0v) is 21.9. The molecular weight excluding hydrogens is 458 g/mol. The second-order valence-electron chi connectivity index (χ2n) is 11.9. The molecule has 2 aliphatic rings. The van der Waals surface area contributed by atoms with E-state index in [-0.39, 0.29) is 23.5 Å². The first-order chi connectivity index (χ1) is 17.1. The number of aromatic nitrogens is 6. The highest BCUT2D eigenvalue weighted by Crippen LogP contribution is 2.36. The van der Waals surface area contributed by atoms with Gasteiger partial charge in [-0.05, 0) is 50.4 Å². The van der Waals surface area contributed by atoms with E-state index in [4.69, 9.17) is 14.5 Å². The molecule has 2 fully saturated rings. The van der Waals surface area contributed by atoms with Crippen LogP contribution in [-0.2, 0) is 6.54 Å². The average molecular weight is 496 g/mol. The van der Waals surface area contributed by atoms with Crippen molar-refractivity contribution in [2.45, 2.75) is 92.2 Å². The molecule has 194 valence electrons. The molecule has 36 heavy (non-hydrogen) atoms. The van der Waals surface area contributed by atoms with Crippen LogP contribution in [-0.4, -0.2) is 41.5 Å². The summed E-state index contributed by atoms with van der Waals surface area (Å²) < 4.78 is 6.75. The Morgan fingerprint density at radius 2 is 1.86 bits per heavy atom. The average Bonchev–Trinajstić information content (AvgIpc) is 3.36. The Morgan fingerprint density at radius 3 is 2.44 bits per heavy atom. The van der Waals surface area contributed by atoms with Gasteiger partial charge in [-0.3, -0.25) is 14.3 Å². The van der Waals surface area contributed by atoms with E-state index in [1.165, 1.54) is 32.1 Å². The molecule has 2 saturated carbocycles. The number of carbonyl (C=O) groups is 1. The molecule has 3 aromatic heterocycles. The Labute approximate surface area is 210 Å². The Morgan fingerprint density at radius 1 is 1.14 bits per heavy atom. The molecule has 0 spiro atoms. The van der Waals surface area contributed by atoms with Crippen LogP contribution in [0.15, 0.2) is 9.32 Å². The quantitative estimate of drug-likeness (QED) is 0.446. The molecular formula is C26H37N7O3. The molecule has 0 aliphatic heterocycles. The van der Waals surface area contributed by atoms with E-state index in [1.54, 1.807) is 0 Å². The Kier molecular flexibility index (Phi) is 6.46. The third kappa shape index (κ3) is 4.82. The zero-order chi connectivity index (χ0) is 25.6. The fourth-order valence-corrected chi connectivity index (χ4v) is 5.30.